The molecular weight excluding hydrogens is 352 g/mol. The normalized spacial score (nSPS) is 10.0. The van der Waals surface area contributed by atoms with E-state index < -0.39 is 0 Å². The van der Waals surface area contributed by atoms with Crippen molar-refractivity contribution in [2.24, 2.45) is 0 Å². The van der Waals surface area contributed by atoms with Crippen LogP contribution in [0.3, 0.4) is 0 Å². The van der Waals surface area contributed by atoms with E-state index in [0.29, 0.717) is 29.1 Å². The fourth-order valence-corrected chi connectivity index (χ4v) is 2.50. The molecule has 28 heavy (non-hydrogen) atoms. The van der Waals surface area contributed by atoms with E-state index in [2.05, 4.69) is 17.2 Å². The van der Waals surface area contributed by atoms with Gasteiger partial charge in [-0.3, -0.25) is 9.59 Å². The molecule has 0 radical (unpaired) electrons. The van der Waals surface area contributed by atoms with Gasteiger partial charge in [-0.2, -0.15) is 0 Å². The molecule has 0 spiro atoms. The second kappa shape index (κ2) is 9.19. The Bertz CT molecular complexity index is 967. The standard InChI is InChI=1S/C23H20N2O3/c1-2-15-24-22(26)17-7-6-8-18(16-17)23(27)25-19-11-13-21(14-12-19)28-20-9-4-3-5-10-20/h2-14,16H,1,15H2,(H,24,26)(H,25,27). The molecule has 0 aliphatic carbocycles. The largest absolute Gasteiger partial charge is 0.457 e. The highest BCUT2D eigenvalue weighted by Gasteiger charge is 2.10. The van der Waals surface area contributed by atoms with E-state index >= 15 is 0 Å². The maximum absolute atomic E-state index is 12.5. The number of hydrogen-bond acceptors (Lipinski definition) is 3. The van der Waals surface area contributed by atoms with Crippen LogP contribution in [0.5, 0.6) is 11.5 Å². The summed E-state index contributed by atoms with van der Waals surface area (Å²) < 4.78 is 5.73. The minimum atomic E-state index is -0.296. The summed E-state index contributed by atoms with van der Waals surface area (Å²) in [7, 11) is 0. The molecule has 0 fully saturated rings. The first-order chi connectivity index (χ1) is 13.7. The number of ether oxygens (including phenoxy) is 1. The summed E-state index contributed by atoms with van der Waals surface area (Å²) in [6.07, 6.45) is 1.60. The zero-order chi connectivity index (χ0) is 19.8. The maximum atomic E-state index is 12.5. The van der Waals surface area contributed by atoms with E-state index in [-0.39, 0.29) is 11.8 Å². The van der Waals surface area contributed by atoms with Gasteiger partial charge in [0.05, 0.1) is 0 Å². The lowest BCUT2D eigenvalue weighted by molar-refractivity contribution is 0.0958. The van der Waals surface area contributed by atoms with Crippen LogP contribution in [0.25, 0.3) is 0 Å². The van der Waals surface area contributed by atoms with Gasteiger partial charge in [0.15, 0.2) is 0 Å². The molecule has 2 amide bonds. The van der Waals surface area contributed by atoms with Crippen LogP contribution in [-0.2, 0) is 0 Å². The van der Waals surface area contributed by atoms with Crippen molar-refractivity contribution in [3.8, 4) is 11.5 Å². The summed E-state index contributed by atoms with van der Waals surface area (Å²) in [6, 6.07) is 23.1. The molecule has 3 aromatic carbocycles. The summed E-state index contributed by atoms with van der Waals surface area (Å²) in [6.45, 7) is 3.93. The molecule has 0 heterocycles. The average molecular weight is 372 g/mol. The molecule has 3 rings (SSSR count). The van der Waals surface area contributed by atoms with Gasteiger partial charge in [0.2, 0.25) is 0 Å². The van der Waals surface area contributed by atoms with Crippen molar-refractivity contribution in [1.29, 1.82) is 0 Å². The zero-order valence-electron chi connectivity index (χ0n) is 15.2. The zero-order valence-corrected chi connectivity index (χ0v) is 15.2. The molecule has 0 unspecified atom stereocenters. The van der Waals surface area contributed by atoms with Gasteiger partial charge in [-0.25, -0.2) is 0 Å². The third-order valence-corrected chi connectivity index (χ3v) is 3.88. The minimum absolute atomic E-state index is 0.253. The van der Waals surface area contributed by atoms with Gasteiger partial charge in [-0.15, -0.1) is 6.58 Å². The van der Waals surface area contributed by atoms with Crippen molar-refractivity contribution in [3.63, 3.8) is 0 Å². The van der Waals surface area contributed by atoms with Gasteiger partial charge in [-0.1, -0.05) is 30.3 Å². The quantitative estimate of drug-likeness (QED) is 0.594. The Morgan fingerprint density at radius 1 is 0.821 bits per heavy atom. The Morgan fingerprint density at radius 2 is 1.46 bits per heavy atom. The van der Waals surface area contributed by atoms with Gasteiger partial charge in [0.1, 0.15) is 11.5 Å². The predicted octanol–water partition coefficient (Wildman–Crippen LogP) is 4.65. The Morgan fingerprint density at radius 3 is 2.14 bits per heavy atom. The predicted molar refractivity (Wildman–Crippen MR) is 110 cm³/mol. The highest BCUT2D eigenvalue weighted by atomic mass is 16.5. The molecule has 3 aromatic rings. The number of para-hydroxylation sites is 1. The minimum Gasteiger partial charge on any atom is -0.457 e. The van der Waals surface area contributed by atoms with Crippen molar-refractivity contribution in [2.75, 3.05) is 11.9 Å². The molecule has 5 heteroatoms. The van der Waals surface area contributed by atoms with Gasteiger partial charge in [0.25, 0.3) is 11.8 Å². The van der Waals surface area contributed by atoms with Gasteiger partial charge >= 0.3 is 0 Å². The summed E-state index contributed by atoms with van der Waals surface area (Å²) in [4.78, 5) is 24.5. The van der Waals surface area contributed by atoms with Crippen LogP contribution in [0.1, 0.15) is 20.7 Å². The number of carbonyl (C=O) groups excluding carboxylic acids is 2. The summed E-state index contributed by atoms with van der Waals surface area (Å²) in [5.74, 6) is 0.864. The lowest BCUT2D eigenvalue weighted by atomic mass is 10.1. The summed E-state index contributed by atoms with van der Waals surface area (Å²) >= 11 is 0. The number of nitrogens with one attached hydrogen (secondary N) is 2. The Labute approximate surface area is 163 Å². The summed E-state index contributed by atoms with van der Waals surface area (Å²) in [5, 5.41) is 5.50. The van der Waals surface area contributed by atoms with Crippen LogP contribution in [0.4, 0.5) is 5.69 Å². The monoisotopic (exact) mass is 372 g/mol. The smallest absolute Gasteiger partial charge is 0.255 e. The first kappa shape index (κ1) is 18.9. The molecule has 0 bridgehead atoms. The van der Waals surface area contributed by atoms with Crippen molar-refractivity contribution < 1.29 is 14.3 Å². The second-order valence-corrected chi connectivity index (χ2v) is 5.97. The number of hydrogen-bond donors (Lipinski definition) is 2. The topological polar surface area (TPSA) is 67.4 Å². The fraction of sp³-hybridized carbons (Fsp3) is 0.0435. The molecule has 5 nitrogen and oxygen atoms in total. The van der Waals surface area contributed by atoms with E-state index in [1.54, 1.807) is 54.6 Å². The van der Waals surface area contributed by atoms with Gasteiger partial charge in [-0.05, 0) is 54.6 Å². The molecule has 0 aliphatic rings. The summed E-state index contributed by atoms with van der Waals surface area (Å²) in [5.41, 5.74) is 1.45. The van der Waals surface area contributed by atoms with E-state index in [1.165, 1.54) is 0 Å². The first-order valence-corrected chi connectivity index (χ1v) is 8.79. The third-order valence-electron chi connectivity index (χ3n) is 3.88. The Hall–Kier alpha value is -3.86. The number of benzene rings is 3. The van der Waals surface area contributed by atoms with Crippen LogP contribution in [-0.4, -0.2) is 18.4 Å². The van der Waals surface area contributed by atoms with Crippen molar-refractivity contribution in [1.82, 2.24) is 5.32 Å². The van der Waals surface area contributed by atoms with E-state index in [4.69, 9.17) is 4.74 Å². The SMILES string of the molecule is C=CCNC(=O)c1cccc(C(=O)Nc2ccc(Oc3ccccc3)cc2)c1. The number of rotatable bonds is 7. The molecule has 0 saturated heterocycles. The van der Waals surface area contributed by atoms with Crippen LogP contribution in [0.15, 0.2) is 91.5 Å². The van der Waals surface area contributed by atoms with E-state index in [9.17, 15) is 9.59 Å². The molecule has 0 aliphatic heterocycles. The van der Waals surface area contributed by atoms with Crippen LogP contribution >= 0.6 is 0 Å². The van der Waals surface area contributed by atoms with Crippen molar-refractivity contribution >= 4 is 17.5 Å². The highest BCUT2D eigenvalue weighted by molar-refractivity contribution is 6.06. The molecule has 0 atom stereocenters. The third kappa shape index (κ3) is 5.08. The van der Waals surface area contributed by atoms with Gasteiger partial charge in [0, 0.05) is 23.4 Å². The number of carbonyl (C=O) groups is 2. The van der Waals surface area contributed by atoms with Gasteiger partial charge < -0.3 is 15.4 Å². The molecular formula is C23H20N2O3. The first-order valence-electron chi connectivity index (χ1n) is 8.79. The van der Waals surface area contributed by atoms with Crippen LogP contribution < -0.4 is 15.4 Å². The second-order valence-electron chi connectivity index (χ2n) is 5.97. The highest BCUT2D eigenvalue weighted by Crippen LogP contribution is 2.23. The maximum Gasteiger partial charge on any atom is 0.255 e. The van der Waals surface area contributed by atoms with Crippen molar-refractivity contribution in [3.05, 3.63) is 103 Å². The fourth-order valence-electron chi connectivity index (χ4n) is 2.50. The number of amides is 2. The van der Waals surface area contributed by atoms with Crippen molar-refractivity contribution in [2.45, 2.75) is 0 Å². The Balaban J connectivity index is 1.64. The van der Waals surface area contributed by atoms with E-state index in [0.717, 1.165) is 5.75 Å². The molecule has 2 N–H and O–H groups in total. The van der Waals surface area contributed by atoms with E-state index in [1.807, 2.05) is 30.3 Å². The van der Waals surface area contributed by atoms with Crippen LogP contribution in [0.2, 0.25) is 0 Å². The average Bonchev–Trinajstić information content (AvgIpc) is 2.74. The number of anilines is 1. The lowest BCUT2D eigenvalue weighted by Gasteiger charge is -2.09. The molecule has 140 valence electrons. The van der Waals surface area contributed by atoms with Crippen LogP contribution in [0, 0.1) is 0 Å². The molecule has 0 saturated carbocycles. The lowest BCUT2D eigenvalue weighted by Crippen LogP contribution is -2.23. The Kier molecular flexibility index (Phi) is 6.21. The molecule has 0 aromatic heterocycles.